The smallest absolute Gasteiger partial charge is 0.159 e. The van der Waals surface area contributed by atoms with Gasteiger partial charge in [-0.15, -0.1) is 0 Å². The molecule has 4 aromatic rings. The maximum atomic E-state index is 14.9. The Morgan fingerprint density at radius 3 is 2.71 bits per heavy atom. The number of nitrogens with one attached hydrogen (secondary N) is 3. The predicted molar refractivity (Wildman–Crippen MR) is 184 cm³/mol. The van der Waals surface area contributed by atoms with Crippen molar-refractivity contribution in [2.45, 2.75) is 46.5 Å². The zero-order valence-corrected chi connectivity index (χ0v) is 26.7. The normalized spacial score (nSPS) is 15.5. The topological polar surface area (TPSA) is 85.5 Å². The molecule has 1 aromatic carbocycles. The second-order valence-corrected chi connectivity index (χ2v) is 11.4. The number of fused-ring (bicyclic) bond motifs is 1. The van der Waals surface area contributed by atoms with Crippen LogP contribution in [0, 0.1) is 5.82 Å². The average molecular weight is 606 g/mol. The fraction of sp³-hybridized carbons (Fsp3) is 0.324. The Bertz CT molecular complexity index is 1850. The number of likely N-dealkylation sites (N-methyl/N-ethyl adjacent to an activating group) is 1. The highest BCUT2D eigenvalue weighted by atomic mass is 19.1. The van der Waals surface area contributed by atoms with E-state index in [2.05, 4.69) is 56.5 Å². The summed E-state index contributed by atoms with van der Waals surface area (Å²) in [6, 6.07) is 7.11. The molecule has 0 unspecified atom stereocenters. The van der Waals surface area contributed by atoms with Crippen LogP contribution in [0.15, 0.2) is 78.6 Å². The fourth-order valence-electron chi connectivity index (χ4n) is 5.88. The van der Waals surface area contributed by atoms with E-state index in [1.165, 1.54) is 25.9 Å². The van der Waals surface area contributed by atoms with Crippen molar-refractivity contribution in [1.82, 2.24) is 35.4 Å². The zero-order valence-electron chi connectivity index (χ0n) is 26.7. The number of nitrogens with zero attached hydrogens (tertiary/aromatic N) is 4. The Kier molecular flexibility index (Phi) is 10.7. The molecule has 0 saturated carbocycles. The van der Waals surface area contributed by atoms with Crippen LogP contribution in [0.4, 0.5) is 4.39 Å². The van der Waals surface area contributed by atoms with Crippen LogP contribution in [-0.2, 0) is 6.42 Å². The van der Waals surface area contributed by atoms with E-state index in [1.54, 1.807) is 18.3 Å². The lowest BCUT2D eigenvalue weighted by molar-refractivity contribution is 0.334. The predicted octanol–water partition coefficient (Wildman–Crippen LogP) is 5.99. The Morgan fingerprint density at radius 2 is 1.98 bits per heavy atom. The number of hydrogen-bond donors (Lipinski definition) is 3. The van der Waals surface area contributed by atoms with Crippen molar-refractivity contribution < 1.29 is 4.39 Å². The lowest BCUT2D eigenvalue weighted by Crippen LogP contribution is -2.24. The zero-order chi connectivity index (χ0) is 31.8. The number of aryl methyl sites for hydroxylation is 1. The van der Waals surface area contributed by atoms with E-state index in [9.17, 15) is 4.39 Å². The van der Waals surface area contributed by atoms with Crippen molar-refractivity contribution in [3.63, 3.8) is 0 Å². The van der Waals surface area contributed by atoms with E-state index in [4.69, 9.17) is 4.98 Å². The molecule has 3 N–H and O–H groups in total. The number of pyridine rings is 1. The first kappa shape index (κ1) is 32.0. The maximum absolute atomic E-state index is 14.9. The van der Waals surface area contributed by atoms with Crippen LogP contribution in [-0.4, -0.2) is 62.8 Å². The van der Waals surface area contributed by atoms with Crippen molar-refractivity contribution in [3.8, 4) is 22.8 Å². The highest BCUT2D eigenvalue weighted by molar-refractivity contribution is 5.91. The van der Waals surface area contributed by atoms with Gasteiger partial charge in [0.1, 0.15) is 17.0 Å². The number of benzene rings is 1. The molecule has 0 bridgehead atoms. The van der Waals surface area contributed by atoms with Crippen LogP contribution in [0.2, 0.25) is 0 Å². The molecule has 0 spiro atoms. The van der Waals surface area contributed by atoms with Crippen LogP contribution in [0.3, 0.4) is 0 Å². The second kappa shape index (κ2) is 15.1. The van der Waals surface area contributed by atoms with Gasteiger partial charge in [0.25, 0.3) is 0 Å². The molecule has 0 aliphatic carbocycles. The summed E-state index contributed by atoms with van der Waals surface area (Å²) in [5.74, 6) is 0.337. The molecule has 3 aromatic heterocycles. The molecular formula is C37H44FN7. The molecule has 45 heavy (non-hydrogen) atoms. The average Bonchev–Trinajstić information content (AvgIpc) is 3.81. The number of rotatable bonds is 13. The van der Waals surface area contributed by atoms with Gasteiger partial charge in [0.05, 0.1) is 16.6 Å². The third kappa shape index (κ3) is 7.64. The molecule has 1 aliphatic heterocycles. The van der Waals surface area contributed by atoms with Gasteiger partial charge < -0.3 is 15.2 Å². The monoisotopic (exact) mass is 605 g/mol. The van der Waals surface area contributed by atoms with Crippen LogP contribution in [0.25, 0.3) is 46.0 Å². The summed E-state index contributed by atoms with van der Waals surface area (Å²) in [6.07, 6.45) is 16.1. The van der Waals surface area contributed by atoms with Gasteiger partial charge in [-0.1, -0.05) is 44.4 Å². The molecule has 1 saturated heterocycles. The minimum Gasteiger partial charge on any atom is -0.336 e. The van der Waals surface area contributed by atoms with E-state index in [-0.39, 0.29) is 5.82 Å². The molecule has 5 rings (SSSR count). The van der Waals surface area contributed by atoms with Crippen molar-refractivity contribution in [2.75, 3.05) is 32.7 Å². The van der Waals surface area contributed by atoms with Crippen LogP contribution >= 0.6 is 0 Å². The van der Waals surface area contributed by atoms with E-state index in [0.29, 0.717) is 22.7 Å². The SMILES string of the molecule is C=C/C(=C\C(=C/C)C(=C)/C=c1/c(-c2nc3c(-c4cc(F)cc(CCCN5CCCC5)c4)nccc3[nH]2)n[nH]/c1=C/C)CNCC. The van der Waals surface area contributed by atoms with Crippen molar-refractivity contribution >= 4 is 23.2 Å². The maximum Gasteiger partial charge on any atom is 0.159 e. The van der Waals surface area contributed by atoms with Gasteiger partial charge in [-0.25, -0.2) is 9.37 Å². The highest BCUT2D eigenvalue weighted by Crippen LogP contribution is 2.28. The molecule has 234 valence electrons. The van der Waals surface area contributed by atoms with Crippen LogP contribution in [0.1, 0.15) is 45.6 Å². The quantitative estimate of drug-likeness (QED) is 0.163. The molecular weight excluding hydrogens is 561 g/mol. The summed E-state index contributed by atoms with van der Waals surface area (Å²) < 4.78 is 14.9. The van der Waals surface area contributed by atoms with Gasteiger partial charge in [-0.2, -0.15) is 5.10 Å². The van der Waals surface area contributed by atoms with Gasteiger partial charge in [0.2, 0.25) is 0 Å². The number of likely N-dealkylation sites (tertiary alicyclic amines) is 1. The van der Waals surface area contributed by atoms with E-state index in [1.807, 2.05) is 50.3 Å². The fourth-order valence-corrected chi connectivity index (χ4v) is 5.88. The lowest BCUT2D eigenvalue weighted by atomic mass is 10.0. The summed E-state index contributed by atoms with van der Waals surface area (Å²) in [5.41, 5.74) is 7.41. The molecule has 0 atom stereocenters. The molecule has 7 nitrogen and oxygen atoms in total. The molecule has 8 heteroatoms. The molecule has 0 radical (unpaired) electrons. The van der Waals surface area contributed by atoms with Crippen molar-refractivity contribution in [2.24, 2.45) is 0 Å². The van der Waals surface area contributed by atoms with Crippen molar-refractivity contribution in [1.29, 1.82) is 0 Å². The third-order valence-electron chi connectivity index (χ3n) is 8.30. The summed E-state index contributed by atoms with van der Waals surface area (Å²) in [5, 5.41) is 12.9. The summed E-state index contributed by atoms with van der Waals surface area (Å²) >= 11 is 0. The van der Waals surface area contributed by atoms with E-state index in [0.717, 1.165) is 76.4 Å². The van der Waals surface area contributed by atoms with Gasteiger partial charge in [-0.3, -0.25) is 10.1 Å². The van der Waals surface area contributed by atoms with Gasteiger partial charge >= 0.3 is 0 Å². The Morgan fingerprint density at radius 1 is 1.16 bits per heavy atom. The standard InChI is InChI=1S/C37H44FN7/c1-6-26(24-39-9-4)20-28(7-2)25(5)19-31-32(8-3)43-44-35(31)37-41-33-14-15-40-34(36(33)42-37)29-21-27(22-30(38)23-29)13-12-18-45-16-10-11-17-45/h6-8,14-15,19-23,39,43H,1,5,9-13,16-18,24H2,2-4H3,(H,41,42)/b26-20+,28-7+,31-19+,32-8+. The van der Waals surface area contributed by atoms with Crippen LogP contribution in [0.5, 0.6) is 0 Å². The lowest BCUT2D eigenvalue weighted by Gasteiger charge is -2.14. The second-order valence-electron chi connectivity index (χ2n) is 11.4. The number of H-pyrrole nitrogens is 2. The van der Waals surface area contributed by atoms with Crippen LogP contribution < -0.4 is 15.9 Å². The number of aromatic amines is 2. The Labute approximate surface area is 265 Å². The first-order valence-corrected chi connectivity index (χ1v) is 15.9. The number of allylic oxidation sites excluding steroid dienone is 4. The first-order chi connectivity index (χ1) is 21.9. The van der Waals surface area contributed by atoms with Gasteiger partial charge in [0, 0.05) is 23.5 Å². The van der Waals surface area contributed by atoms with Gasteiger partial charge in [0.15, 0.2) is 5.82 Å². The first-order valence-electron chi connectivity index (χ1n) is 15.9. The minimum atomic E-state index is -0.261. The highest BCUT2D eigenvalue weighted by Gasteiger charge is 2.17. The summed E-state index contributed by atoms with van der Waals surface area (Å²) in [7, 11) is 0. The molecule has 0 amide bonds. The molecule has 4 heterocycles. The van der Waals surface area contributed by atoms with Crippen molar-refractivity contribution in [3.05, 3.63) is 101 Å². The number of aromatic nitrogens is 5. The Balaban J connectivity index is 1.48. The summed E-state index contributed by atoms with van der Waals surface area (Å²) in [6.45, 7) is 19.4. The molecule has 1 fully saturated rings. The van der Waals surface area contributed by atoms with Gasteiger partial charge in [-0.05, 0) is 118 Å². The third-order valence-corrected chi connectivity index (χ3v) is 8.30. The minimum absolute atomic E-state index is 0.261. The number of halogens is 1. The van der Waals surface area contributed by atoms with E-state index < -0.39 is 0 Å². The Hall–Kier alpha value is -4.40. The number of hydrogen-bond acceptors (Lipinski definition) is 5. The number of imidazole rings is 1. The largest absolute Gasteiger partial charge is 0.336 e. The molecule has 1 aliphatic rings. The summed E-state index contributed by atoms with van der Waals surface area (Å²) in [4.78, 5) is 15.5. The van der Waals surface area contributed by atoms with E-state index >= 15 is 0 Å².